The van der Waals surface area contributed by atoms with Gasteiger partial charge in [0, 0.05) is 19.1 Å². The van der Waals surface area contributed by atoms with Gasteiger partial charge in [-0.05, 0) is 6.92 Å². The van der Waals surface area contributed by atoms with Gasteiger partial charge in [-0.2, -0.15) is 0 Å². The molecule has 3 heteroatoms. The molecule has 57 valence electrons. The van der Waals surface area contributed by atoms with Gasteiger partial charge < -0.3 is 10.1 Å². The summed E-state index contributed by atoms with van der Waals surface area (Å²) in [4.78, 5) is 0. The van der Waals surface area contributed by atoms with Crippen LogP contribution in [0.3, 0.4) is 0 Å². The molecule has 0 bridgehead atoms. The number of ether oxygens (including phenoxy) is 1. The van der Waals surface area contributed by atoms with Crippen LogP contribution in [-0.2, 0) is 4.74 Å². The average Bonchev–Trinajstić information content (AvgIpc) is 1.88. The molecule has 1 aliphatic rings. The smallest absolute Gasteiger partial charge is 0.150 e. The molecular weight excluding hydrogens is 125 g/mol. The Labute approximate surface area is 63.6 Å². The zero-order valence-electron chi connectivity index (χ0n) is 6.76. The van der Waals surface area contributed by atoms with Gasteiger partial charge in [0.25, 0.3) is 0 Å². The Morgan fingerprint density at radius 3 is 3.00 bits per heavy atom. The number of nitrogens with one attached hydrogen (secondary N) is 1. The van der Waals surface area contributed by atoms with Gasteiger partial charge in [-0.25, -0.2) is 0 Å². The second-order valence-corrected chi connectivity index (χ2v) is 2.79. The molecule has 1 N–H and O–H groups in total. The Morgan fingerprint density at radius 1 is 1.60 bits per heavy atom. The normalized spacial score (nSPS) is 33.8. The third-order valence-corrected chi connectivity index (χ3v) is 1.68. The summed E-state index contributed by atoms with van der Waals surface area (Å²) in [5, 5.41) is 3.31. The summed E-state index contributed by atoms with van der Waals surface area (Å²) < 4.78 is 5.61. The summed E-state index contributed by atoms with van der Waals surface area (Å²) in [6.45, 7) is 6.22. The molecule has 0 aromatic carbocycles. The Bertz CT molecular complexity index is 97.6. The first-order valence-electron chi connectivity index (χ1n) is 4.02. The largest absolute Gasteiger partial charge is 0.382 e. The van der Waals surface area contributed by atoms with Crippen LogP contribution in [0, 0.1) is 0 Å². The first kappa shape index (κ1) is 8.09. The van der Waals surface area contributed by atoms with E-state index in [2.05, 4.69) is 26.4 Å². The molecule has 1 unspecified atom stereocenters. The average molecular weight is 140 g/mol. The van der Waals surface area contributed by atoms with E-state index in [-0.39, 0.29) is 0 Å². The molecule has 1 rings (SSSR count). The van der Waals surface area contributed by atoms with E-state index in [0.29, 0.717) is 12.1 Å². The molecule has 1 saturated heterocycles. The Hall–Kier alpha value is -0.0151. The summed E-state index contributed by atoms with van der Waals surface area (Å²) in [6.07, 6.45) is 1.47. The third-order valence-electron chi connectivity index (χ3n) is 1.68. The van der Waals surface area contributed by atoms with Crippen molar-refractivity contribution >= 4 is 7.28 Å². The van der Waals surface area contributed by atoms with E-state index in [0.717, 1.165) is 19.4 Å². The maximum Gasteiger partial charge on any atom is 0.150 e. The lowest BCUT2D eigenvalue weighted by molar-refractivity contribution is 0.0141. The predicted molar refractivity (Wildman–Crippen MR) is 43.4 cm³/mol. The van der Waals surface area contributed by atoms with Crippen LogP contribution in [0.4, 0.5) is 0 Å². The highest BCUT2D eigenvalue weighted by Gasteiger charge is 2.17. The first-order chi connectivity index (χ1) is 4.83. The van der Waals surface area contributed by atoms with E-state index in [9.17, 15) is 0 Å². The van der Waals surface area contributed by atoms with E-state index in [1.165, 1.54) is 0 Å². The highest BCUT2D eigenvalue weighted by molar-refractivity contribution is 6.37. The van der Waals surface area contributed by atoms with Crippen molar-refractivity contribution < 1.29 is 4.74 Å². The van der Waals surface area contributed by atoms with Crippen LogP contribution in [0.1, 0.15) is 13.8 Å². The molecule has 2 atom stereocenters. The fourth-order valence-corrected chi connectivity index (χ4v) is 1.23. The fourth-order valence-electron chi connectivity index (χ4n) is 1.23. The van der Waals surface area contributed by atoms with Crippen molar-refractivity contribution in [1.82, 2.24) is 5.32 Å². The lowest BCUT2D eigenvalue weighted by Crippen LogP contribution is -2.45. The zero-order chi connectivity index (χ0) is 7.40. The third kappa shape index (κ3) is 2.31. The van der Waals surface area contributed by atoms with Gasteiger partial charge in [-0.15, -0.1) is 0 Å². The summed E-state index contributed by atoms with van der Waals surface area (Å²) in [5.74, 6) is 0. The predicted octanol–water partition coefficient (Wildman–Crippen LogP) is 0.463. The maximum atomic E-state index is 5.61. The molecule has 1 aliphatic heterocycles. The molecule has 0 saturated carbocycles. The molecule has 0 spiro atoms. The van der Waals surface area contributed by atoms with Crippen molar-refractivity contribution in [3.63, 3.8) is 0 Å². The fraction of sp³-hybridized carbons (Fsp3) is 1.00. The van der Waals surface area contributed by atoms with Gasteiger partial charge >= 0.3 is 0 Å². The second-order valence-electron chi connectivity index (χ2n) is 2.79. The van der Waals surface area contributed by atoms with Crippen molar-refractivity contribution in [1.29, 1.82) is 0 Å². The molecular formula is C7H15BNO. The molecule has 10 heavy (non-hydrogen) atoms. The summed E-state index contributed by atoms with van der Waals surface area (Å²) in [6, 6.07) is 0.341. The minimum absolute atomic E-state index is 0.341. The lowest BCUT2D eigenvalue weighted by atomic mass is 9.68. The minimum atomic E-state index is 0.341. The van der Waals surface area contributed by atoms with Gasteiger partial charge in [-0.1, -0.05) is 13.2 Å². The number of hydrogen-bond acceptors (Lipinski definition) is 2. The topological polar surface area (TPSA) is 21.3 Å². The van der Waals surface area contributed by atoms with E-state index >= 15 is 0 Å². The maximum absolute atomic E-state index is 5.61. The zero-order valence-corrected chi connectivity index (χ0v) is 6.76. The van der Waals surface area contributed by atoms with Gasteiger partial charge in [-0.3, -0.25) is 0 Å². The summed E-state index contributed by atoms with van der Waals surface area (Å²) in [7, 11) is 2.21. The van der Waals surface area contributed by atoms with Crippen molar-refractivity contribution in [2.24, 2.45) is 0 Å². The summed E-state index contributed by atoms with van der Waals surface area (Å²) in [5.41, 5.74) is 0. The minimum Gasteiger partial charge on any atom is -0.382 e. The van der Waals surface area contributed by atoms with Crippen LogP contribution >= 0.6 is 0 Å². The van der Waals surface area contributed by atoms with Crippen LogP contribution in [0.5, 0.6) is 0 Å². The van der Waals surface area contributed by atoms with Gasteiger partial charge in [0.1, 0.15) is 0 Å². The number of hydrogen-bond donors (Lipinski definition) is 1. The van der Waals surface area contributed by atoms with Gasteiger partial charge in [0.05, 0.1) is 6.10 Å². The molecule has 1 radical (unpaired) electrons. The molecule has 0 aliphatic carbocycles. The lowest BCUT2D eigenvalue weighted by Gasteiger charge is -2.28. The Morgan fingerprint density at radius 2 is 2.40 bits per heavy atom. The van der Waals surface area contributed by atoms with Crippen LogP contribution in [0.15, 0.2) is 0 Å². The highest BCUT2D eigenvalue weighted by Crippen LogP contribution is 2.02. The monoisotopic (exact) mass is 140 g/mol. The van der Waals surface area contributed by atoms with Gasteiger partial charge in [0.2, 0.25) is 0 Å². The molecule has 2 nitrogen and oxygen atoms in total. The van der Waals surface area contributed by atoms with Crippen LogP contribution in [0.2, 0.25) is 6.32 Å². The Kier molecular flexibility index (Phi) is 3.22. The van der Waals surface area contributed by atoms with Crippen molar-refractivity contribution in [2.75, 3.05) is 13.1 Å². The molecule has 0 aromatic rings. The van der Waals surface area contributed by atoms with E-state index in [1.54, 1.807) is 0 Å². The summed E-state index contributed by atoms with van der Waals surface area (Å²) >= 11 is 0. The Balaban J connectivity index is 2.18. The van der Waals surface area contributed by atoms with Crippen LogP contribution < -0.4 is 5.32 Å². The first-order valence-corrected chi connectivity index (χ1v) is 4.02. The number of rotatable bonds is 2. The highest BCUT2D eigenvalue weighted by atomic mass is 16.5. The van der Waals surface area contributed by atoms with Crippen LogP contribution in [0.25, 0.3) is 0 Å². The SMILES string of the molecule is CC[B]C1CNC[C@H](C)O1. The van der Waals surface area contributed by atoms with Crippen molar-refractivity contribution in [2.45, 2.75) is 32.3 Å². The van der Waals surface area contributed by atoms with E-state index < -0.39 is 0 Å². The quantitative estimate of drug-likeness (QED) is 0.562. The molecule has 0 aromatic heterocycles. The van der Waals surface area contributed by atoms with E-state index in [1.807, 2.05) is 0 Å². The van der Waals surface area contributed by atoms with Crippen molar-refractivity contribution in [3.8, 4) is 0 Å². The standard InChI is InChI=1S/C7H15BNO/c1-3-8-7-5-9-4-6(2)10-7/h6-7,9H,3-5H2,1-2H3/t6-,7?/m0/s1. The second kappa shape index (κ2) is 3.99. The van der Waals surface area contributed by atoms with Crippen LogP contribution in [-0.4, -0.2) is 32.5 Å². The molecule has 1 heterocycles. The molecule has 1 fully saturated rings. The van der Waals surface area contributed by atoms with Crippen molar-refractivity contribution in [3.05, 3.63) is 0 Å². The van der Waals surface area contributed by atoms with E-state index in [4.69, 9.17) is 4.74 Å². The number of morpholine rings is 1. The molecule has 0 amide bonds. The van der Waals surface area contributed by atoms with Gasteiger partial charge in [0.15, 0.2) is 7.28 Å².